The molecule has 1 fully saturated rings. The first-order valence-electron chi connectivity index (χ1n) is 13.2. The Bertz CT molecular complexity index is 1700. The number of pyridine rings is 1. The van der Waals surface area contributed by atoms with Crippen molar-refractivity contribution in [2.24, 2.45) is 5.92 Å². The number of piperidine rings is 1. The van der Waals surface area contributed by atoms with Crippen molar-refractivity contribution in [3.8, 4) is 11.3 Å². The topological polar surface area (TPSA) is 115 Å². The molecule has 0 spiro atoms. The molecule has 0 saturated carbocycles. The molecular formula is C30H29N3O6. The van der Waals surface area contributed by atoms with E-state index < -0.39 is 6.04 Å². The molecule has 1 N–H and O–H groups in total. The van der Waals surface area contributed by atoms with Gasteiger partial charge in [-0.1, -0.05) is 36.4 Å². The van der Waals surface area contributed by atoms with Gasteiger partial charge < -0.3 is 23.6 Å². The number of carbonyl (C=O) groups is 2. The Hall–Kier alpha value is -4.40. The van der Waals surface area contributed by atoms with Crippen LogP contribution in [0.25, 0.3) is 22.5 Å². The molecule has 2 aliphatic rings. The average molecular weight is 528 g/mol. The van der Waals surface area contributed by atoms with E-state index in [-0.39, 0.29) is 52.2 Å². The van der Waals surface area contributed by atoms with Gasteiger partial charge in [-0.3, -0.25) is 19.2 Å². The highest BCUT2D eigenvalue weighted by Crippen LogP contribution is 2.35. The summed E-state index contributed by atoms with van der Waals surface area (Å²) in [6.07, 6.45) is 0.817. The van der Waals surface area contributed by atoms with Crippen LogP contribution in [0.2, 0.25) is 0 Å². The van der Waals surface area contributed by atoms with Crippen LogP contribution in [0.5, 0.6) is 0 Å². The number of carbonyl (C=O) groups excluding carboxylic acids is 2. The molecule has 4 aromatic rings. The van der Waals surface area contributed by atoms with Crippen LogP contribution in [0.1, 0.15) is 36.3 Å². The molecule has 2 unspecified atom stereocenters. The third-order valence-electron chi connectivity index (χ3n) is 7.69. The Kier molecular flexibility index (Phi) is 6.21. The van der Waals surface area contributed by atoms with E-state index in [4.69, 9.17) is 8.83 Å². The molecule has 3 atom stereocenters. The Morgan fingerprint density at radius 3 is 2.59 bits per heavy atom. The molecule has 2 amide bonds. The number of fused-ring (bicyclic) bond motifs is 5. The fraction of sp³-hybridized carbons (Fsp3) is 0.333. The summed E-state index contributed by atoms with van der Waals surface area (Å²) in [6.45, 7) is 5.00. The molecule has 6 rings (SSSR count). The van der Waals surface area contributed by atoms with E-state index in [9.17, 15) is 19.2 Å². The van der Waals surface area contributed by atoms with Crippen LogP contribution in [0.15, 0.2) is 73.0 Å². The van der Waals surface area contributed by atoms with E-state index in [0.717, 1.165) is 12.1 Å². The SMILES string of the molecule is Cc1cc(=O)c2oc(-c3ccccc3)c(CC(=O)N[C@@H](C)C(=O)N3CC4CC(C3)c3cccc(=O)n3C4)c2o1. The number of aryl methyl sites for hydroxylation is 1. The first-order valence-corrected chi connectivity index (χ1v) is 13.2. The number of likely N-dealkylation sites (tertiary alicyclic amines) is 1. The number of aromatic nitrogens is 1. The molecule has 39 heavy (non-hydrogen) atoms. The summed E-state index contributed by atoms with van der Waals surface area (Å²) in [4.78, 5) is 53.3. The molecule has 1 saturated heterocycles. The molecule has 2 bridgehead atoms. The number of rotatable bonds is 5. The minimum atomic E-state index is -0.749. The van der Waals surface area contributed by atoms with Crippen LogP contribution >= 0.6 is 0 Å². The van der Waals surface area contributed by atoms with Crippen LogP contribution in [0, 0.1) is 12.8 Å². The van der Waals surface area contributed by atoms with Crippen molar-refractivity contribution in [1.29, 1.82) is 0 Å². The van der Waals surface area contributed by atoms with E-state index in [1.54, 1.807) is 30.9 Å². The van der Waals surface area contributed by atoms with Crippen molar-refractivity contribution < 1.29 is 18.4 Å². The number of nitrogens with zero attached hydrogens (tertiary/aromatic N) is 2. The van der Waals surface area contributed by atoms with Gasteiger partial charge in [0.15, 0.2) is 5.58 Å². The minimum Gasteiger partial charge on any atom is -0.457 e. The van der Waals surface area contributed by atoms with Crippen LogP contribution in [-0.4, -0.2) is 40.4 Å². The van der Waals surface area contributed by atoms with Crippen molar-refractivity contribution in [2.75, 3.05) is 13.1 Å². The molecule has 0 radical (unpaired) electrons. The van der Waals surface area contributed by atoms with Gasteiger partial charge in [-0.2, -0.15) is 0 Å². The van der Waals surface area contributed by atoms with Gasteiger partial charge in [-0.05, 0) is 32.3 Å². The molecular weight excluding hydrogens is 498 g/mol. The van der Waals surface area contributed by atoms with E-state index in [2.05, 4.69) is 5.32 Å². The standard InChI is InChI=1S/C30H29N3O6/c1-17-11-24(34)29-28(38-17)22(27(39-29)20-7-4-3-5-8-20)13-25(35)31-18(2)30(37)32-14-19-12-21(16-32)23-9-6-10-26(36)33(23)15-19/h3-11,18-19,21H,12-16H2,1-2H3,(H,31,35)/t18-,19?,21?/m0/s1. The molecule has 5 heterocycles. The lowest BCUT2D eigenvalue weighted by molar-refractivity contribution is -0.138. The van der Waals surface area contributed by atoms with Crippen LogP contribution < -0.4 is 16.3 Å². The fourth-order valence-corrected chi connectivity index (χ4v) is 6.01. The maximum Gasteiger partial charge on any atom is 0.250 e. The normalized spacial score (nSPS) is 19.0. The highest BCUT2D eigenvalue weighted by molar-refractivity contribution is 5.92. The maximum absolute atomic E-state index is 13.4. The molecule has 1 aromatic carbocycles. The van der Waals surface area contributed by atoms with Crippen molar-refractivity contribution in [2.45, 2.75) is 45.2 Å². The van der Waals surface area contributed by atoms with E-state index in [1.165, 1.54) is 6.07 Å². The molecule has 9 heteroatoms. The van der Waals surface area contributed by atoms with Gasteiger partial charge in [0.2, 0.25) is 22.8 Å². The van der Waals surface area contributed by atoms with Gasteiger partial charge in [0.05, 0.1) is 12.0 Å². The number of nitrogens with one attached hydrogen (secondary N) is 1. The van der Waals surface area contributed by atoms with Gasteiger partial charge in [0.25, 0.3) is 5.56 Å². The Morgan fingerprint density at radius 1 is 1.00 bits per heavy atom. The van der Waals surface area contributed by atoms with Crippen LogP contribution in [-0.2, 0) is 22.6 Å². The second-order valence-electron chi connectivity index (χ2n) is 10.6. The zero-order chi connectivity index (χ0) is 27.3. The average Bonchev–Trinajstić information content (AvgIpc) is 3.27. The van der Waals surface area contributed by atoms with Crippen LogP contribution in [0.4, 0.5) is 0 Å². The van der Waals surface area contributed by atoms with Crippen LogP contribution in [0.3, 0.4) is 0 Å². The zero-order valence-electron chi connectivity index (χ0n) is 21.8. The summed E-state index contributed by atoms with van der Waals surface area (Å²) >= 11 is 0. The lowest BCUT2D eigenvalue weighted by atomic mass is 9.83. The van der Waals surface area contributed by atoms with Gasteiger partial charge >= 0.3 is 0 Å². The zero-order valence-corrected chi connectivity index (χ0v) is 21.8. The minimum absolute atomic E-state index is 0.00437. The third-order valence-corrected chi connectivity index (χ3v) is 7.69. The van der Waals surface area contributed by atoms with Gasteiger partial charge in [0.1, 0.15) is 17.6 Å². The van der Waals surface area contributed by atoms with E-state index in [0.29, 0.717) is 42.3 Å². The summed E-state index contributed by atoms with van der Waals surface area (Å²) in [7, 11) is 0. The summed E-state index contributed by atoms with van der Waals surface area (Å²) in [5.74, 6) is 0.554. The Morgan fingerprint density at radius 2 is 1.79 bits per heavy atom. The number of hydrogen-bond donors (Lipinski definition) is 1. The second-order valence-corrected chi connectivity index (χ2v) is 10.6. The summed E-state index contributed by atoms with van der Waals surface area (Å²) in [5.41, 5.74) is 2.12. The molecule has 200 valence electrons. The number of amides is 2. The predicted molar refractivity (Wildman–Crippen MR) is 144 cm³/mol. The Labute approximate surface area is 224 Å². The van der Waals surface area contributed by atoms with Crippen molar-refractivity contribution in [3.05, 3.63) is 92.2 Å². The second kappa shape index (κ2) is 9.72. The summed E-state index contributed by atoms with van der Waals surface area (Å²) in [6, 6.07) is 15.1. The lowest BCUT2D eigenvalue weighted by Gasteiger charge is -2.43. The quantitative estimate of drug-likeness (QED) is 0.426. The predicted octanol–water partition coefficient (Wildman–Crippen LogP) is 3.22. The molecule has 9 nitrogen and oxygen atoms in total. The number of benzene rings is 1. The third kappa shape index (κ3) is 4.58. The van der Waals surface area contributed by atoms with E-state index >= 15 is 0 Å². The number of furan rings is 1. The first-order chi connectivity index (χ1) is 18.8. The van der Waals surface area contributed by atoms with Gasteiger partial charge in [-0.15, -0.1) is 0 Å². The largest absolute Gasteiger partial charge is 0.457 e. The molecule has 0 aliphatic carbocycles. The van der Waals surface area contributed by atoms with Gasteiger partial charge in [0, 0.05) is 48.9 Å². The first kappa shape index (κ1) is 24.9. The van der Waals surface area contributed by atoms with Crippen molar-refractivity contribution in [1.82, 2.24) is 14.8 Å². The molecule has 2 aliphatic heterocycles. The number of hydrogen-bond acceptors (Lipinski definition) is 6. The Balaban J connectivity index is 1.21. The van der Waals surface area contributed by atoms with Gasteiger partial charge in [-0.25, -0.2) is 0 Å². The smallest absolute Gasteiger partial charge is 0.250 e. The summed E-state index contributed by atoms with van der Waals surface area (Å²) in [5, 5.41) is 2.84. The monoisotopic (exact) mass is 527 g/mol. The van der Waals surface area contributed by atoms with Crippen molar-refractivity contribution >= 4 is 23.0 Å². The van der Waals surface area contributed by atoms with Crippen molar-refractivity contribution in [3.63, 3.8) is 0 Å². The summed E-state index contributed by atoms with van der Waals surface area (Å²) < 4.78 is 13.6. The highest BCUT2D eigenvalue weighted by Gasteiger charge is 2.37. The highest BCUT2D eigenvalue weighted by atomic mass is 16.4. The fourth-order valence-electron chi connectivity index (χ4n) is 6.01. The molecule has 3 aromatic heterocycles. The van der Waals surface area contributed by atoms with E-state index in [1.807, 2.05) is 41.0 Å². The maximum atomic E-state index is 13.4. The lowest BCUT2D eigenvalue weighted by Crippen LogP contribution is -2.54.